The molecule has 1 unspecified atom stereocenters. The highest BCUT2D eigenvalue weighted by molar-refractivity contribution is 6.19. The Balaban J connectivity index is 1.58. The molecule has 0 spiro atoms. The van der Waals surface area contributed by atoms with Gasteiger partial charge in [0.2, 0.25) is 11.9 Å². The lowest BCUT2D eigenvalue weighted by Crippen LogP contribution is -2.63. The Bertz CT molecular complexity index is 903. The summed E-state index contributed by atoms with van der Waals surface area (Å²) in [7, 11) is 1.57. The minimum atomic E-state index is -0.763. The van der Waals surface area contributed by atoms with Gasteiger partial charge in [0, 0.05) is 26.7 Å². The van der Waals surface area contributed by atoms with Gasteiger partial charge in [-0.05, 0) is 13.8 Å². The van der Waals surface area contributed by atoms with E-state index in [-0.39, 0.29) is 6.61 Å². The predicted molar refractivity (Wildman–Crippen MR) is 104 cm³/mol. The van der Waals surface area contributed by atoms with Crippen LogP contribution in [0, 0.1) is 6.92 Å². The highest BCUT2D eigenvalue weighted by Gasteiger charge is 2.53. The monoisotopic (exact) mass is 419 g/mol. The first-order valence-electron chi connectivity index (χ1n) is 10.2. The molecule has 3 aliphatic heterocycles. The number of amidine groups is 1. The van der Waals surface area contributed by atoms with E-state index in [0.717, 1.165) is 50.0 Å². The van der Waals surface area contributed by atoms with Crippen LogP contribution in [-0.2, 0) is 25.6 Å². The first-order valence-corrected chi connectivity index (χ1v) is 10.2. The number of fused-ring (bicyclic) bond motifs is 3. The molecule has 0 bridgehead atoms. The first-order chi connectivity index (χ1) is 14.4. The van der Waals surface area contributed by atoms with E-state index in [1.165, 1.54) is 4.90 Å². The summed E-state index contributed by atoms with van der Waals surface area (Å²) in [5.41, 5.74) is 0.977. The predicted octanol–water partition coefficient (Wildman–Crippen LogP) is -0.542. The number of carbonyl (C=O) groups excluding carboxylic acids is 3. The molecule has 2 saturated heterocycles. The molecule has 0 saturated carbocycles. The van der Waals surface area contributed by atoms with Crippen LogP contribution in [0.4, 0.5) is 10.7 Å². The molecule has 162 valence electrons. The van der Waals surface area contributed by atoms with Gasteiger partial charge in [0.25, 0.3) is 5.91 Å². The van der Waals surface area contributed by atoms with E-state index in [1.807, 2.05) is 13.1 Å². The Labute approximate surface area is 174 Å². The number of aromatic nitrogens is 2. The van der Waals surface area contributed by atoms with Crippen molar-refractivity contribution in [3.8, 4) is 0 Å². The molecule has 4 rings (SSSR count). The standard InChI is InChI=1S/C19H27N6O5/c1-4-30-14(26)12-25-17(27)15-16(21(3)19(25)28)20-18-23(13(2)11-24(15)18)6-5-22-7-9-29-10-8-22/h11,15H,4-10,12H2,1-3H3/q+1. The van der Waals surface area contributed by atoms with Crippen LogP contribution < -0.4 is 4.57 Å². The van der Waals surface area contributed by atoms with Gasteiger partial charge in [-0.25, -0.2) is 18.8 Å². The van der Waals surface area contributed by atoms with Crippen molar-refractivity contribution in [2.24, 2.45) is 4.99 Å². The van der Waals surface area contributed by atoms with Gasteiger partial charge in [-0.3, -0.25) is 19.4 Å². The number of carbonyl (C=O) groups is 3. The molecule has 11 nitrogen and oxygen atoms in total. The van der Waals surface area contributed by atoms with Crippen molar-refractivity contribution < 1.29 is 28.4 Å². The SMILES string of the molecule is CCOC(=O)CN1C(=O)C2C(=Nc3n(CCN4CCOCC4)c(C)c[n+]32)N(C)C1=O. The average molecular weight is 419 g/mol. The molecule has 1 aromatic rings. The van der Waals surface area contributed by atoms with E-state index in [0.29, 0.717) is 11.8 Å². The van der Waals surface area contributed by atoms with Gasteiger partial charge in [0.1, 0.15) is 18.4 Å². The summed E-state index contributed by atoms with van der Waals surface area (Å²) in [4.78, 5) is 46.9. The van der Waals surface area contributed by atoms with E-state index >= 15 is 0 Å². The number of imidazole rings is 1. The number of hydrogen-bond acceptors (Lipinski definition) is 7. The van der Waals surface area contributed by atoms with Crippen molar-refractivity contribution in [3.63, 3.8) is 0 Å². The second-order valence-electron chi connectivity index (χ2n) is 7.53. The quantitative estimate of drug-likeness (QED) is 0.453. The largest absolute Gasteiger partial charge is 0.465 e. The summed E-state index contributed by atoms with van der Waals surface area (Å²) in [6.07, 6.45) is 1.87. The number of morpholine rings is 1. The number of aryl methyl sites for hydroxylation is 1. The summed E-state index contributed by atoms with van der Waals surface area (Å²) in [6.45, 7) is 8.25. The van der Waals surface area contributed by atoms with E-state index in [1.54, 1.807) is 18.5 Å². The Morgan fingerprint density at radius 1 is 1.30 bits per heavy atom. The zero-order valence-electron chi connectivity index (χ0n) is 17.5. The van der Waals surface area contributed by atoms with Gasteiger partial charge in [-0.2, -0.15) is 0 Å². The molecule has 0 aliphatic carbocycles. The molecule has 0 N–H and O–H groups in total. The highest BCUT2D eigenvalue weighted by Crippen LogP contribution is 2.29. The lowest BCUT2D eigenvalue weighted by molar-refractivity contribution is -0.677. The van der Waals surface area contributed by atoms with Crippen LogP contribution in [0.1, 0.15) is 18.7 Å². The van der Waals surface area contributed by atoms with Crippen LogP contribution in [0.25, 0.3) is 0 Å². The van der Waals surface area contributed by atoms with Crippen LogP contribution in [0.3, 0.4) is 0 Å². The van der Waals surface area contributed by atoms with Crippen LogP contribution in [0.2, 0.25) is 0 Å². The number of amides is 3. The lowest BCUT2D eigenvalue weighted by atomic mass is 10.1. The fourth-order valence-electron chi connectivity index (χ4n) is 4.05. The van der Waals surface area contributed by atoms with E-state index in [9.17, 15) is 14.4 Å². The van der Waals surface area contributed by atoms with Crippen molar-refractivity contribution in [2.45, 2.75) is 26.4 Å². The zero-order chi connectivity index (χ0) is 21.4. The summed E-state index contributed by atoms with van der Waals surface area (Å²) in [5, 5.41) is 0. The summed E-state index contributed by atoms with van der Waals surface area (Å²) < 4.78 is 14.2. The molecular weight excluding hydrogens is 392 g/mol. The normalized spacial score (nSPS) is 21.6. The van der Waals surface area contributed by atoms with Crippen molar-refractivity contribution in [2.75, 3.05) is 53.0 Å². The van der Waals surface area contributed by atoms with Gasteiger partial charge in [-0.1, -0.05) is 4.99 Å². The molecule has 0 radical (unpaired) electrons. The van der Waals surface area contributed by atoms with Crippen molar-refractivity contribution >= 4 is 29.7 Å². The minimum absolute atomic E-state index is 0.186. The molecule has 4 heterocycles. The van der Waals surface area contributed by atoms with Gasteiger partial charge in [0.15, 0.2) is 0 Å². The number of urea groups is 1. The molecule has 0 aromatic carbocycles. The van der Waals surface area contributed by atoms with Crippen LogP contribution in [0.15, 0.2) is 11.2 Å². The summed E-state index contributed by atoms with van der Waals surface area (Å²) in [6, 6.07) is -1.34. The molecule has 3 amide bonds. The topological polar surface area (TPSA) is 101 Å². The summed E-state index contributed by atoms with van der Waals surface area (Å²) >= 11 is 0. The maximum absolute atomic E-state index is 13.1. The molecule has 30 heavy (non-hydrogen) atoms. The fourth-order valence-corrected chi connectivity index (χ4v) is 4.05. The molecule has 2 fully saturated rings. The maximum Gasteiger partial charge on any atom is 0.401 e. The lowest BCUT2D eigenvalue weighted by Gasteiger charge is -2.32. The molecule has 1 aromatic heterocycles. The molecule has 11 heteroatoms. The van der Waals surface area contributed by atoms with Gasteiger partial charge >= 0.3 is 17.9 Å². The van der Waals surface area contributed by atoms with Crippen LogP contribution in [-0.4, -0.2) is 96.1 Å². The molecule has 1 atom stereocenters. The maximum atomic E-state index is 13.1. The number of hydrogen-bond donors (Lipinski definition) is 0. The second-order valence-corrected chi connectivity index (χ2v) is 7.53. The fraction of sp³-hybridized carbons (Fsp3) is 0.632. The number of ether oxygens (including phenoxy) is 2. The Hall–Kier alpha value is -2.79. The second kappa shape index (κ2) is 8.15. The first kappa shape index (κ1) is 20.5. The van der Waals surface area contributed by atoms with Crippen molar-refractivity contribution in [3.05, 3.63) is 11.9 Å². The van der Waals surface area contributed by atoms with Gasteiger partial charge < -0.3 is 9.47 Å². The Morgan fingerprint density at radius 3 is 2.73 bits per heavy atom. The van der Waals surface area contributed by atoms with Crippen molar-refractivity contribution in [1.82, 2.24) is 19.3 Å². The Kier molecular flexibility index (Phi) is 5.56. The summed E-state index contributed by atoms with van der Waals surface area (Å²) in [5.74, 6) is -0.0820. The molecule has 3 aliphatic rings. The third-order valence-electron chi connectivity index (χ3n) is 5.66. The number of rotatable bonds is 6. The number of likely N-dealkylation sites (N-methyl/N-ethyl adjacent to an activating group) is 1. The van der Waals surface area contributed by atoms with Gasteiger partial charge in [0.05, 0.1) is 26.4 Å². The third kappa shape index (κ3) is 3.47. The number of imide groups is 1. The molecular formula is C19H27N6O5+. The Morgan fingerprint density at radius 2 is 2.03 bits per heavy atom. The average Bonchev–Trinajstić information content (AvgIpc) is 3.24. The van der Waals surface area contributed by atoms with Crippen LogP contribution >= 0.6 is 0 Å². The van der Waals surface area contributed by atoms with Crippen molar-refractivity contribution in [1.29, 1.82) is 0 Å². The zero-order valence-corrected chi connectivity index (χ0v) is 17.5. The minimum Gasteiger partial charge on any atom is -0.465 e. The number of aliphatic imine (C=N–C) groups is 1. The highest BCUT2D eigenvalue weighted by atomic mass is 16.5. The van der Waals surface area contributed by atoms with E-state index < -0.39 is 30.5 Å². The smallest absolute Gasteiger partial charge is 0.401 e. The number of nitrogens with zero attached hydrogens (tertiary/aromatic N) is 6. The van der Waals surface area contributed by atoms with E-state index in [2.05, 4.69) is 14.5 Å². The van der Waals surface area contributed by atoms with E-state index in [4.69, 9.17) is 9.47 Å². The van der Waals surface area contributed by atoms with Crippen LogP contribution in [0.5, 0.6) is 0 Å². The third-order valence-corrected chi connectivity index (χ3v) is 5.66. The number of esters is 1. The van der Waals surface area contributed by atoms with Gasteiger partial charge in [-0.15, -0.1) is 0 Å².